The van der Waals surface area contributed by atoms with E-state index in [4.69, 9.17) is 0 Å². The highest BCUT2D eigenvalue weighted by Crippen LogP contribution is 2.63. The SMILES string of the molecule is COc1c2c(c(F)c3c1C(F)(F)OC3(F)F)C(F)(F)OC2(F)F. The highest BCUT2D eigenvalue weighted by atomic mass is 19.3. The molecular weight excluding hydrogens is 351 g/mol. The lowest BCUT2D eigenvalue weighted by atomic mass is 9.95. The molecule has 0 saturated heterocycles. The molecule has 12 heteroatoms. The fourth-order valence-corrected chi connectivity index (χ4v) is 2.53. The van der Waals surface area contributed by atoms with Crippen molar-refractivity contribution in [3.8, 4) is 5.75 Å². The summed E-state index contributed by atoms with van der Waals surface area (Å²) in [5, 5.41) is 0. The first-order chi connectivity index (χ1) is 10.3. The molecule has 128 valence electrons. The predicted molar refractivity (Wildman–Crippen MR) is 50.7 cm³/mol. The van der Waals surface area contributed by atoms with Gasteiger partial charge in [-0.1, -0.05) is 0 Å². The zero-order chi connectivity index (χ0) is 17.6. The molecule has 3 rings (SSSR count). The second-order valence-corrected chi connectivity index (χ2v) is 4.62. The Hall–Kier alpha value is -1.69. The van der Waals surface area contributed by atoms with Crippen molar-refractivity contribution in [2.75, 3.05) is 7.11 Å². The molecule has 0 amide bonds. The summed E-state index contributed by atoms with van der Waals surface area (Å²) in [5.74, 6) is -4.44. The van der Waals surface area contributed by atoms with Crippen molar-refractivity contribution < 1.29 is 53.7 Å². The average Bonchev–Trinajstić information content (AvgIpc) is 2.64. The maximum absolute atomic E-state index is 14.0. The first-order valence-corrected chi connectivity index (χ1v) is 5.63. The Morgan fingerprint density at radius 2 is 0.957 bits per heavy atom. The van der Waals surface area contributed by atoms with Crippen molar-refractivity contribution in [2.45, 2.75) is 24.4 Å². The minimum Gasteiger partial charge on any atom is -0.495 e. The number of fused-ring (bicyclic) bond motifs is 2. The number of ether oxygens (including phenoxy) is 3. The van der Waals surface area contributed by atoms with E-state index in [1.165, 1.54) is 0 Å². The topological polar surface area (TPSA) is 27.7 Å². The van der Waals surface area contributed by atoms with Crippen LogP contribution in [0.4, 0.5) is 39.5 Å². The van der Waals surface area contributed by atoms with Crippen LogP contribution in [-0.4, -0.2) is 7.11 Å². The number of alkyl halides is 8. The zero-order valence-corrected chi connectivity index (χ0v) is 10.6. The van der Waals surface area contributed by atoms with Crippen molar-refractivity contribution in [1.82, 2.24) is 0 Å². The lowest BCUT2D eigenvalue weighted by Gasteiger charge is -2.17. The Balaban J connectivity index is 2.53. The van der Waals surface area contributed by atoms with Gasteiger partial charge in [-0.15, -0.1) is 0 Å². The molecular formula is C11H3F9O3. The van der Waals surface area contributed by atoms with Crippen LogP contribution in [0.2, 0.25) is 0 Å². The lowest BCUT2D eigenvalue weighted by molar-refractivity contribution is -0.372. The van der Waals surface area contributed by atoms with Gasteiger partial charge in [0.05, 0.1) is 7.11 Å². The van der Waals surface area contributed by atoms with E-state index in [1.54, 1.807) is 0 Å². The first-order valence-electron chi connectivity index (χ1n) is 5.63. The largest absolute Gasteiger partial charge is 0.495 e. The van der Waals surface area contributed by atoms with E-state index in [0.717, 1.165) is 0 Å². The van der Waals surface area contributed by atoms with E-state index < -0.39 is 58.3 Å². The molecule has 2 aliphatic heterocycles. The molecule has 0 aliphatic carbocycles. The minimum absolute atomic E-state index is 0.479. The van der Waals surface area contributed by atoms with E-state index in [1.807, 2.05) is 0 Å². The maximum Gasteiger partial charge on any atom is 0.392 e. The van der Waals surface area contributed by atoms with Crippen molar-refractivity contribution in [1.29, 1.82) is 0 Å². The van der Waals surface area contributed by atoms with E-state index in [9.17, 15) is 39.5 Å². The quantitative estimate of drug-likeness (QED) is 0.711. The molecule has 2 heterocycles. The molecule has 0 fully saturated rings. The zero-order valence-electron chi connectivity index (χ0n) is 10.6. The Labute approximate surface area is 120 Å². The van der Waals surface area contributed by atoms with Crippen LogP contribution in [0.5, 0.6) is 5.75 Å². The molecule has 3 nitrogen and oxygen atoms in total. The van der Waals surface area contributed by atoms with Gasteiger partial charge in [0.25, 0.3) is 0 Å². The van der Waals surface area contributed by atoms with Crippen molar-refractivity contribution in [2.24, 2.45) is 0 Å². The van der Waals surface area contributed by atoms with E-state index in [2.05, 4.69) is 14.2 Å². The minimum atomic E-state index is -5.04. The number of benzene rings is 1. The monoisotopic (exact) mass is 354 g/mol. The third-order valence-electron chi connectivity index (χ3n) is 3.27. The smallest absolute Gasteiger partial charge is 0.392 e. The molecule has 0 bridgehead atoms. The maximum atomic E-state index is 14.0. The summed E-state index contributed by atoms with van der Waals surface area (Å²) in [7, 11) is 0.479. The molecule has 1 aromatic carbocycles. The van der Waals surface area contributed by atoms with E-state index >= 15 is 0 Å². The highest BCUT2D eigenvalue weighted by Gasteiger charge is 2.68. The van der Waals surface area contributed by atoms with Gasteiger partial charge >= 0.3 is 24.4 Å². The summed E-state index contributed by atoms with van der Waals surface area (Å²) in [6.45, 7) is 0. The van der Waals surface area contributed by atoms with Crippen LogP contribution in [0.3, 0.4) is 0 Å². The summed E-state index contributed by atoms with van der Waals surface area (Å²) in [6.07, 6.45) is -20.0. The number of rotatable bonds is 1. The normalized spacial score (nSPS) is 25.1. The predicted octanol–water partition coefficient (Wildman–Crippen LogP) is 4.09. The third kappa shape index (κ3) is 1.87. The molecule has 0 unspecified atom stereocenters. The summed E-state index contributed by atoms with van der Waals surface area (Å²) in [6, 6.07) is 0. The Kier molecular flexibility index (Phi) is 2.84. The molecule has 0 aromatic heterocycles. The standard InChI is InChI=1S/C11H3F9O3/c1-21-7-4-2(8(13,14)22-10(4,17)18)6(12)3-5(7)11(19,20)23-9(3,15)16/h1H3. The average molecular weight is 354 g/mol. The molecule has 0 atom stereocenters. The van der Waals surface area contributed by atoms with Crippen LogP contribution >= 0.6 is 0 Å². The molecule has 0 spiro atoms. The van der Waals surface area contributed by atoms with Crippen molar-refractivity contribution in [3.05, 3.63) is 28.1 Å². The lowest BCUT2D eigenvalue weighted by Crippen LogP contribution is -2.20. The fraction of sp³-hybridized carbons (Fsp3) is 0.455. The second-order valence-electron chi connectivity index (χ2n) is 4.62. The second kappa shape index (κ2) is 4.04. The molecule has 0 N–H and O–H groups in total. The van der Waals surface area contributed by atoms with Gasteiger partial charge in [0.15, 0.2) is 0 Å². The van der Waals surface area contributed by atoms with Gasteiger partial charge in [0, 0.05) is 0 Å². The van der Waals surface area contributed by atoms with Crippen LogP contribution < -0.4 is 4.74 Å². The summed E-state index contributed by atoms with van der Waals surface area (Å²) in [5.41, 5.74) is -8.80. The van der Waals surface area contributed by atoms with E-state index in [0.29, 0.717) is 7.11 Å². The summed E-state index contributed by atoms with van der Waals surface area (Å²) < 4.78 is 132. The van der Waals surface area contributed by atoms with Crippen LogP contribution in [0.15, 0.2) is 0 Å². The van der Waals surface area contributed by atoms with Crippen LogP contribution in [-0.2, 0) is 33.9 Å². The van der Waals surface area contributed by atoms with Crippen molar-refractivity contribution in [3.63, 3.8) is 0 Å². The van der Waals surface area contributed by atoms with Crippen LogP contribution in [0, 0.1) is 5.82 Å². The molecule has 2 aliphatic rings. The van der Waals surface area contributed by atoms with Gasteiger partial charge < -0.3 is 4.74 Å². The molecule has 23 heavy (non-hydrogen) atoms. The van der Waals surface area contributed by atoms with Crippen LogP contribution in [0.1, 0.15) is 22.3 Å². The summed E-state index contributed by atoms with van der Waals surface area (Å²) in [4.78, 5) is 0. The van der Waals surface area contributed by atoms with Gasteiger partial charge in [-0.05, 0) is 0 Å². The van der Waals surface area contributed by atoms with Gasteiger partial charge in [-0.25, -0.2) is 13.9 Å². The first kappa shape index (κ1) is 16.2. The Morgan fingerprint density at radius 1 is 0.652 bits per heavy atom. The third-order valence-corrected chi connectivity index (χ3v) is 3.27. The molecule has 1 aromatic rings. The highest BCUT2D eigenvalue weighted by molar-refractivity contribution is 5.59. The molecule has 0 saturated carbocycles. The van der Waals surface area contributed by atoms with Gasteiger partial charge in [-0.2, -0.15) is 35.1 Å². The van der Waals surface area contributed by atoms with Gasteiger partial charge in [0.1, 0.15) is 33.8 Å². The number of halogens is 9. The van der Waals surface area contributed by atoms with Gasteiger partial charge in [-0.3, -0.25) is 0 Å². The number of hydrogen-bond acceptors (Lipinski definition) is 3. The Morgan fingerprint density at radius 3 is 1.26 bits per heavy atom. The van der Waals surface area contributed by atoms with E-state index in [-0.39, 0.29) is 0 Å². The van der Waals surface area contributed by atoms with Crippen LogP contribution in [0.25, 0.3) is 0 Å². The fourth-order valence-electron chi connectivity index (χ4n) is 2.53. The molecule has 0 radical (unpaired) electrons. The van der Waals surface area contributed by atoms with Gasteiger partial charge in [0.2, 0.25) is 0 Å². The number of methoxy groups -OCH3 is 1. The number of hydrogen-bond donors (Lipinski definition) is 0. The van der Waals surface area contributed by atoms with Crippen molar-refractivity contribution >= 4 is 0 Å². The summed E-state index contributed by atoms with van der Waals surface area (Å²) >= 11 is 0. The Bertz CT molecular complexity index is 658.